The van der Waals surface area contributed by atoms with E-state index >= 15 is 0 Å². The predicted molar refractivity (Wildman–Crippen MR) is 121 cm³/mol. The highest BCUT2D eigenvalue weighted by atomic mass is 32.1. The zero-order valence-corrected chi connectivity index (χ0v) is 18.5. The van der Waals surface area contributed by atoms with Crippen LogP contribution in [-0.2, 0) is 6.54 Å². The minimum Gasteiger partial charge on any atom is -0.465 e. The normalized spacial score (nSPS) is 14.7. The predicted octanol–water partition coefficient (Wildman–Crippen LogP) is 4.74. The van der Waals surface area contributed by atoms with Gasteiger partial charge in [0.2, 0.25) is 0 Å². The van der Waals surface area contributed by atoms with E-state index in [9.17, 15) is 9.59 Å². The minimum atomic E-state index is -0.209. The molecule has 2 amide bonds. The number of carbonyl (C=O) groups excluding carboxylic acids is 2. The molecule has 4 heterocycles. The van der Waals surface area contributed by atoms with Crippen LogP contribution in [-0.4, -0.2) is 34.8 Å². The monoisotopic (exact) mass is 449 g/mol. The quantitative estimate of drug-likeness (QED) is 0.475. The number of aromatic nitrogens is 1. The second-order valence-electron chi connectivity index (χ2n) is 7.98. The number of piperidine rings is 1. The molecule has 0 saturated carbocycles. The van der Waals surface area contributed by atoms with E-state index in [2.05, 4.69) is 10.3 Å². The number of carbonyl (C=O) groups is 2. The van der Waals surface area contributed by atoms with Crippen molar-refractivity contribution in [3.63, 3.8) is 0 Å². The van der Waals surface area contributed by atoms with Gasteiger partial charge in [-0.3, -0.25) is 9.59 Å². The van der Waals surface area contributed by atoms with Crippen molar-refractivity contribution < 1.29 is 18.4 Å². The van der Waals surface area contributed by atoms with Crippen LogP contribution in [0.5, 0.6) is 0 Å². The van der Waals surface area contributed by atoms with Gasteiger partial charge in [-0.15, -0.1) is 11.3 Å². The van der Waals surface area contributed by atoms with Crippen LogP contribution in [0.2, 0.25) is 0 Å². The number of hydrogen-bond acceptors (Lipinski definition) is 6. The summed E-state index contributed by atoms with van der Waals surface area (Å²) in [4.78, 5) is 31.7. The number of amides is 2. The Morgan fingerprint density at radius 1 is 1.16 bits per heavy atom. The molecule has 32 heavy (non-hydrogen) atoms. The smallest absolute Gasteiger partial charge is 0.289 e. The van der Waals surface area contributed by atoms with Crippen LogP contribution in [0.25, 0.3) is 11.0 Å². The topological polar surface area (TPSA) is 88.6 Å². The molecule has 1 fully saturated rings. The molecule has 1 aliphatic rings. The van der Waals surface area contributed by atoms with E-state index in [1.54, 1.807) is 11.4 Å². The Kier molecular flexibility index (Phi) is 5.53. The van der Waals surface area contributed by atoms with E-state index in [1.165, 1.54) is 11.3 Å². The SMILES string of the molecule is Cc1ccc(CNC(=O)c2csc(C3CCN(C(=O)c4cc5ccccc5o4)CC3)n2)o1. The number of likely N-dealkylation sites (tertiary alicyclic amines) is 1. The third-order valence-electron chi connectivity index (χ3n) is 5.74. The third kappa shape index (κ3) is 4.18. The summed E-state index contributed by atoms with van der Waals surface area (Å²) in [5.74, 6) is 1.87. The van der Waals surface area contributed by atoms with Crippen LogP contribution in [0, 0.1) is 6.92 Å². The molecule has 0 atom stereocenters. The Morgan fingerprint density at radius 3 is 2.72 bits per heavy atom. The number of hydrogen-bond donors (Lipinski definition) is 1. The van der Waals surface area contributed by atoms with Crippen molar-refractivity contribution in [1.82, 2.24) is 15.2 Å². The van der Waals surface area contributed by atoms with E-state index in [0.717, 1.165) is 34.6 Å². The van der Waals surface area contributed by atoms with Crippen LogP contribution in [0.3, 0.4) is 0 Å². The molecule has 1 aliphatic heterocycles. The second-order valence-corrected chi connectivity index (χ2v) is 8.87. The van der Waals surface area contributed by atoms with Crippen LogP contribution < -0.4 is 5.32 Å². The average molecular weight is 450 g/mol. The van der Waals surface area contributed by atoms with Crippen LogP contribution in [0.4, 0.5) is 0 Å². The second kappa shape index (κ2) is 8.63. The molecule has 0 aliphatic carbocycles. The summed E-state index contributed by atoms with van der Waals surface area (Å²) in [6, 6.07) is 13.2. The number of nitrogens with one attached hydrogen (secondary N) is 1. The van der Waals surface area contributed by atoms with E-state index in [4.69, 9.17) is 8.83 Å². The fourth-order valence-corrected chi connectivity index (χ4v) is 4.96. The van der Waals surface area contributed by atoms with Crippen molar-refractivity contribution >= 4 is 34.1 Å². The zero-order valence-electron chi connectivity index (χ0n) is 17.7. The Bertz CT molecular complexity index is 1230. The van der Waals surface area contributed by atoms with Gasteiger partial charge in [0.25, 0.3) is 11.8 Å². The molecular formula is C24H23N3O4S. The lowest BCUT2D eigenvalue weighted by Gasteiger charge is -2.30. The lowest BCUT2D eigenvalue weighted by molar-refractivity contribution is 0.0683. The highest BCUT2D eigenvalue weighted by Crippen LogP contribution is 2.31. The number of benzene rings is 1. The molecule has 8 heteroatoms. The van der Waals surface area contributed by atoms with Crippen LogP contribution in [0.1, 0.15) is 56.3 Å². The van der Waals surface area contributed by atoms with Gasteiger partial charge in [-0.1, -0.05) is 18.2 Å². The first kappa shape index (κ1) is 20.5. The lowest BCUT2D eigenvalue weighted by atomic mass is 9.97. The standard InChI is InChI=1S/C24H23N3O4S/c1-15-6-7-18(30-15)13-25-22(28)19-14-32-23(26-19)16-8-10-27(11-9-16)24(29)21-12-17-4-2-3-5-20(17)31-21/h2-7,12,14,16H,8-11,13H2,1H3,(H,25,28). The van der Waals surface area contributed by atoms with Gasteiger partial charge >= 0.3 is 0 Å². The molecule has 0 radical (unpaired) electrons. The first-order chi connectivity index (χ1) is 15.6. The molecule has 1 aromatic carbocycles. The first-order valence-electron chi connectivity index (χ1n) is 10.6. The maximum Gasteiger partial charge on any atom is 0.289 e. The molecule has 164 valence electrons. The summed E-state index contributed by atoms with van der Waals surface area (Å²) >= 11 is 1.50. The zero-order chi connectivity index (χ0) is 22.1. The highest BCUT2D eigenvalue weighted by molar-refractivity contribution is 7.09. The van der Waals surface area contributed by atoms with Gasteiger partial charge in [0, 0.05) is 29.8 Å². The number of aryl methyl sites for hydroxylation is 1. The van der Waals surface area contributed by atoms with Gasteiger partial charge < -0.3 is 19.1 Å². The fraction of sp³-hybridized carbons (Fsp3) is 0.292. The van der Waals surface area contributed by atoms with Gasteiger partial charge in [0.15, 0.2) is 5.76 Å². The number of thiazole rings is 1. The molecule has 1 saturated heterocycles. The number of fused-ring (bicyclic) bond motifs is 1. The average Bonchev–Trinajstić information content (AvgIpc) is 3.56. The van der Waals surface area contributed by atoms with Gasteiger partial charge in [0.05, 0.1) is 11.6 Å². The Hall–Kier alpha value is -3.39. The maximum absolute atomic E-state index is 12.9. The van der Waals surface area contributed by atoms with Crippen molar-refractivity contribution in [2.45, 2.75) is 32.2 Å². The molecular weight excluding hydrogens is 426 g/mol. The van der Waals surface area contributed by atoms with Crippen LogP contribution in [0.15, 0.2) is 56.7 Å². The Balaban J connectivity index is 1.17. The minimum absolute atomic E-state index is 0.0768. The molecule has 3 aromatic heterocycles. The molecule has 1 N–H and O–H groups in total. The van der Waals surface area contributed by atoms with Crippen molar-refractivity contribution in [2.24, 2.45) is 0 Å². The van der Waals surface area contributed by atoms with Gasteiger partial charge in [-0.25, -0.2) is 4.98 Å². The van der Waals surface area contributed by atoms with Gasteiger partial charge in [-0.05, 0) is 44.0 Å². The summed E-state index contributed by atoms with van der Waals surface area (Å²) in [7, 11) is 0. The van der Waals surface area contributed by atoms with E-state index in [1.807, 2.05) is 48.2 Å². The fourth-order valence-electron chi connectivity index (χ4n) is 3.99. The summed E-state index contributed by atoms with van der Waals surface area (Å²) in [6.07, 6.45) is 1.62. The van der Waals surface area contributed by atoms with Gasteiger partial charge in [0.1, 0.15) is 22.8 Å². The first-order valence-corrected chi connectivity index (χ1v) is 11.5. The summed E-state index contributed by atoms with van der Waals surface area (Å²) in [5.41, 5.74) is 1.15. The van der Waals surface area contributed by atoms with Crippen LogP contribution >= 0.6 is 11.3 Å². The molecule has 0 unspecified atom stereocenters. The van der Waals surface area contributed by atoms with Crippen molar-refractivity contribution in [2.75, 3.05) is 13.1 Å². The number of furan rings is 2. The number of para-hydroxylation sites is 1. The molecule has 0 spiro atoms. The molecule has 4 aromatic rings. The molecule has 0 bridgehead atoms. The summed E-state index contributed by atoms with van der Waals surface area (Å²) in [5, 5.41) is 6.52. The summed E-state index contributed by atoms with van der Waals surface area (Å²) in [6.45, 7) is 3.48. The lowest BCUT2D eigenvalue weighted by Crippen LogP contribution is -2.37. The van der Waals surface area contributed by atoms with E-state index in [0.29, 0.717) is 36.8 Å². The van der Waals surface area contributed by atoms with Gasteiger partial charge in [-0.2, -0.15) is 0 Å². The molecule has 7 nitrogen and oxygen atoms in total. The summed E-state index contributed by atoms with van der Waals surface area (Å²) < 4.78 is 11.2. The number of rotatable bonds is 5. The van der Waals surface area contributed by atoms with Crippen molar-refractivity contribution in [3.8, 4) is 0 Å². The van der Waals surface area contributed by atoms with E-state index in [-0.39, 0.29) is 17.7 Å². The largest absolute Gasteiger partial charge is 0.465 e. The third-order valence-corrected chi connectivity index (χ3v) is 6.75. The van der Waals surface area contributed by atoms with Crippen molar-refractivity contribution in [3.05, 3.63) is 75.8 Å². The van der Waals surface area contributed by atoms with E-state index < -0.39 is 0 Å². The van der Waals surface area contributed by atoms with Crippen molar-refractivity contribution in [1.29, 1.82) is 0 Å². The number of nitrogens with zero attached hydrogens (tertiary/aromatic N) is 2. The Morgan fingerprint density at radius 2 is 1.97 bits per heavy atom. The molecule has 5 rings (SSSR count). The Labute approximate surface area is 189 Å². The maximum atomic E-state index is 12.9. The highest BCUT2D eigenvalue weighted by Gasteiger charge is 2.28.